The summed E-state index contributed by atoms with van der Waals surface area (Å²) in [6, 6.07) is 10.3. The predicted molar refractivity (Wildman–Crippen MR) is 156 cm³/mol. The molecule has 3 amide bonds. The number of rotatable bonds is 13. The summed E-state index contributed by atoms with van der Waals surface area (Å²) in [6.07, 6.45) is 2.68. The summed E-state index contributed by atoms with van der Waals surface area (Å²) in [5.41, 5.74) is 2.42. The third kappa shape index (κ3) is 9.86. The number of alkyl carbamates (subject to hydrolysis) is 1. The number of anilines is 1. The zero-order chi connectivity index (χ0) is 29.9. The van der Waals surface area contributed by atoms with Crippen molar-refractivity contribution >= 4 is 23.6 Å². The van der Waals surface area contributed by atoms with E-state index in [1.807, 2.05) is 32.0 Å². The Kier molecular flexibility index (Phi) is 12.4. The molecule has 0 aliphatic carbocycles. The van der Waals surface area contributed by atoms with E-state index in [1.54, 1.807) is 52.1 Å². The van der Waals surface area contributed by atoms with E-state index in [0.717, 1.165) is 30.4 Å². The van der Waals surface area contributed by atoms with Crippen molar-refractivity contribution in [3.05, 3.63) is 59.2 Å². The van der Waals surface area contributed by atoms with Crippen molar-refractivity contribution in [1.29, 1.82) is 0 Å². The van der Waals surface area contributed by atoms with Crippen molar-refractivity contribution in [1.82, 2.24) is 10.2 Å². The maximum absolute atomic E-state index is 13.9. The number of amides is 3. The molecule has 2 unspecified atom stereocenters. The van der Waals surface area contributed by atoms with Crippen LogP contribution >= 0.6 is 0 Å². The molecule has 0 spiro atoms. The highest BCUT2D eigenvalue weighted by atomic mass is 16.6. The van der Waals surface area contributed by atoms with Crippen LogP contribution in [-0.2, 0) is 14.3 Å². The number of nitrogens with one attached hydrogen (secondary N) is 2. The van der Waals surface area contributed by atoms with Gasteiger partial charge in [-0.1, -0.05) is 44.4 Å². The number of hydrogen-bond acceptors (Lipinski definition) is 6. The fraction of sp³-hybridized carbons (Fsp3) is 0.516. The quantitative estimate of drug-likeness (QED) is 0.289. The van der Waals surface area contributed by atoms with Crippen LogP contribution in [0.15, 0.2) is 42.5 Å². The van der Waals surface area contributed by atoms with Gasteiger partial charge >= 0.3 is 6.09 Å². The Morgan fingerprint density at radius 1 is 0.975 bits per heavy atom. The van der Waals surface area contributed by atoms with Crippen molar-refractivity contribution in [3.8, 4) is 5.75 Å². The van der Waals surface area contributed by atoms with Crippen LogP contribution in [0, 0.1) is 13.8 Å². The third-order valence-electron chi connectivity index (χ3n) is 6.47. The van der Waals surface area contributed by atoms with Gasteiger partial charge in [0.15, 0.2) is 0 Å². The van der Waals surface area contributed by atoms with Crippen LogP contribution in [0.4, 0.5) is 10.5 Å². The fourth-order valence-corrected chi connectivity index (χ4v) is 4.20. The van der Waals surface area contributed by atoms with Gasteiger partial charge in [0, 0.05) is 12.2 Å². The smallest absolute Gasteiger partial charge is 0.408 e. The number of nitrogens with zero attached hydrogens (tertiary/aromatic N) is 1. The van der Waals surface area contributed by atoms with Gasteiger partial charge in [0.1, 0.15) is 23.4 Å². The summed E-state index contributed by atoms with van der Waals surface area (Å²) in [6.45, 7) is 10.8. The molecular weight excluding hydrogens is 510 g/mol. The second-order valence-corrected chi connectivity index (χ2v) is 10.9. The lowest BCUT2D eigenvalue weighted by molar-refractivity contribution is -0.141. The molecule has 2 aromatic carbocycles. The van der Waals surface area contributed by atoms with Crippen LogP contribution in [0.5, 0.6) is 5.75 Å². The number of aliphatic hydroxyl groups excluding tert-OH is 1. The summed E-state index contributed by atoms with van der Waals surface area (Å²) >= 11 is 0. The highest BCUT2D eigenvalue weighted by Crippen LogP contribution is 2.27. The van der Waals surface area contributed by atoms with Gasteiger partial charge in [-0.25, -0.2) is 4.79 Å². The van der Waals surface area contributed by atoms with E-state index >= 15 is 0 Å². The monoisotopic (exact) mass is 555 g/mol. The van der Waals surface area contributed by atoms with E-state index in [4.69, 9.17) is 9.47 Å². The van der Waals surface area contributed by atoms with Crippen molar-refractivity contribution in [2.45, 2.75) is 84.9 Å². The SMILES string of the molecule is CCCCCCN(C(=O)C(CO)NC(=O)OC(C)(C)C)C(C(=O)Nc1ccc(OC)cc1)c1ccc(C)c(C)c1. The molecule has 40 heavy (non-hydrogen) atoms. The average molecular weight is 556 g/mol. The molecule has 9 nitrogen and oxygen atoms in total. The maximum atomic E-state index is 13.9. The number of hydrogen-bond donors (Lipinski definition) is 3. The number of unbranched alkanes of at least 4 members (excludes halogenated alkanes) is 3. The first-order valence-electron chi connectivity index (χ1n) is 13.8. The first kappa shape index (κ1) is 32.6. The molecule has 0 heterocycles. The van der Waals surface area contributed by atoms with Gasteiger partial charge in [0.25, 0.3) is 5.91 Å². The van der Waals surface area contributed by atoms with E-state index in [2.05, 4.69) is 17.6 Å². The summed E-state index contributed by atoms with van der Waals surface area (Å²) in [5.74, 6) is -0.334. The van der Waals surface area contributed by atoms with Crippen molar-refractivity contribution in [2.24, 2.45) is 0 Å². The first-order chi connectivity index (χ1) is 18.9. The van der Waals surface area contributed by atoms with Gasteiger partial charge in [-0.3, -0.25) is 9.59 Å². The zero-order valence-corrected chi connectivity index (χ0v) is 24.9. The average Bonchev–Trinajstić information content (AvgIpc) is 2.89. The summed E-state index contributed by atoms with van der Waals surface area (Å²) < 4.78 is 10.5. The lowest BCUT2D eigenvalue weighted by atomic mass is 9.98. The third-order valence-corrected chi connectivity index (χ3v) is 6.47. The second-order valence-electron chi connectivity index (χ2n) is 10.9. The van der Waals surface area contributed by atoms with E-state index in [9.17, 15) is 19.5 Å². The zero-order valence-electron chi connectivity index (χ0n) is 24.9. The van der Waals surface area contributed by atoms with Gasteiger partial charge in [0.05, 0.1) is 13.7 Å². The summed E-state index contributed by atoms with van der Waals surface area (Å²) in [5, 5.41) is 15.5. The predicted octanol–water partition coefficient (Wildman–Crippen LogP) is 5.29. The Morgan fingerprint density at radius 2 is 1.65 bits per heavy atom. The molecule has 2 aromatic rings. The Hall–Kier alpha value is -3.59. The minimum atomic E-state index is -1.29. The molecule has 0 radical (unpaired) electrons. The molecule has 0 fully saturated rings. The molecule has 0 saturated heterocycles. The van der Waals surface area contributed by atoms with Crippen molar-refractivity contribution < 1.29 is 29.0 Å². The second kappa shape index (κ2) is 15.3. The van der Waals surface area contributed by atoms with Gasteiger partial charge in [-0.15, -0.1) is 0 Å². The van der Waals surface area contributed by atoms with Gasteiger partial charge in [-0.2, -0.15) is 0 Å². The van der Waals surface area contributed by atoms with Crippen LogP contribution in [0.1, 0.15) is 76.1 Å². The maximum Gasteiger partial charge on any atom is 0.408 e. The molecule has 2 rings (SSSR count). The number of aliphatic hydroxyl groups is 1. The summed E-state index contributed by atoms with van der Waals surface area (Å²) in [4.78, 5) is 41.8. The first-order valence-corrected chi connectivity index (χ1v) is 13.8. The van der Waals surface area contributed by atoms with Crippen molar-refractivity contribution in [2.75, 3.05) is 25.6 Å². The number of methoxy groups -OCH3 is 1. The van der Waals surface area contributed by atoms with E-state index in [0.29, 0.717) is 23.4 Å². The number of aryl methyl sites for hydroxylation is 2. The molecule has 0 bridgehead atoms. The normalized spacial score (nSPS) is 12.7. The molecule has 3 N–H and O–H groups in total. The minimum Gasteiger partial charge on any atom is -0.497 e. The summed E-state index contributed by atoms with van der Waals surface area (Å²) in [7, 11) is 1.56. The molecule has 9 heteroatoms. The fourth-order valence-electron chi connectivity index (χ4n) is 4.20. The molecule has 0 saturated carbocycles. The van der Waals surface area contributed by atoms with E-state index in [-0.39, 0.29) is 6.54 Å². The van der Waals surface area contributed by atoms with Gasteiger partial charge in [0.2, 0.25) is 5.91 Å². The van der Waals surface area contributed by atoms with Crippen LogP contribution in [0.2, 0.25) is 0 Å². The van der Waals surface area contributed by atoms with E-state index in [1.165, 1.54) is 4.90 Å². The number of carbonyl (C=O) groups excluding carboxylic acids is 3. The van der Waals surface area contributed by atoms with Crippen LogP contribution < -0.4 is 15.4 Å². The number of ether oxygens (including phenoxy) is 2. The number of carbonyl (C=O) groups is 3. The standard InChI is InChI=1S/C31H45N3O6/c1-8-9-10-11-18-34(29(37)26(20-35)33-30(38)40-31(4,5)6)27(23-13-12-21(2)22(3)19-23)28(36)32-24-14-16-25(39-7)17-15-24/h12-17,19,26-27,35H,8-11,18,20H2,1-7H3,(H,32,36)(H,33,38). The topological polar surface area (TPSA) is 117 Å². The highest BCUT2D eigenvalue weighted by molar-refractivity contribution is 5.99. The molecular formula is C31H45N3O6. The van der Waals surface area contributed by atoms with Gasteiger partial charge in [-0.05, 0) is 82.0 Å². The lowest BCUT2D eigenvalue weighted by Gasteiger charge is -2.34. The molecule has 2 atom stereocenters. The van der Waals surface area contributed by atoms with Crippen LogP contribution in [0.3, 0.4) is 0 Å². The van der Waals surface area contributed by atoms with Crippen LogP contribution in [-0.4, -0.2) is 59.8 Å². The Bertz CT molecular complexity index is 1130. The molecule has 0 aliphatic rings. The van der Waals surface area contributed by atoms with Crippen LogP contribution in [0.25, 0.3) is 0 Å². The number of benzene rings is 2. The Balaban J connectivity index is 2.50. The molecule has 0 aliphatic heterocycles. The lowest BCUT2D eigenvalue weighted by Crippen LogP contribution is -2.54. The van der Waals surface area contributed by atoms with Gasteiger partial charge < -0.3 is 30.1 Å². The Labute approximate surface area is 238 Å². The van der Waals surface area contributed by atoms with E-state index < -0.39 is 42.2 Å². The molecule has 220 valence electrons. The largest absolute Gasteiger partial charge is 0.497 e. The molecule has 0 aromatic heterocycles. The highest BCUT2D eigenvalue weighted by Gasteiger charge is 2.36. The minimum absolute atomic E-state index is 0.263. The Morgan fingerprint density at radius 3 is 2.20 bits per heavy atom. The van der Waals surface area contributed by atoms with Crippen molar-refractivity contribution in [3.63, 3.8) is 0 Å².